The third-order valence-electron chi connectivity index (χ3n) is 4.99. The maximum Gasteiger partial charge on any atom is 0.244 e. The first kappa shape index (κ1) is 17.5. The van der Waals surface area contributed by atoms with Crippen molar-refractivity contribution in [2.75, 3.05) is 24.8 Å². The topological polar surface area (TPSA) is 93.9 Å². The van der Waals surface area contributed by atoms with E-state index in [4.69, 9.17) is 9.47 Å². The maximum absolute atomic E-state index is 12.2. The zero-order valence-corrected chi connectivity index (χ0v) is 15.7. The Labute approximate surface area is 166 Å². The van der Waals surface area contributed by atoms with Crippen molar-refractivity contribution in [2.45, 2.75) is 19.4 Å². The number of nitrogens with zero attached hydrogens (tertiary/aromatic N) is 5. The van der Waals surface area contributed by atoms with E-state index in [9.17, 15) is 4.79 Å². The first-order chi connectivity index (χ1) is 14.3. The molecule has 3 aromatic rings. The van der Waals surface area contributed by atoms with E-state index in [0.717, 1.165) is 24.5 Å². The van der Waals surface area contributed by atoms with E-state index in [1.54, 1.807) is 10.6 Å². The van der Waals surface area contributed by atoms with Crippen LogP contribution in [-0.4, -0.2) is 45.6 Å². The molecule has 148 valence electrons. The molecular formula is C20H20N6O3. The normalized spacial score (nSPS) is 15.5. The van der Waals surface area contributed by atoms with Gasteiger partial charge >= 0.3 is 0 Å². The summed E-state index contributed by atoms with van der Waals surface area (Å²) in [4.78, 5) is 14.5. The summed E-state index contributed by atoms with van der Waals surface area (Å²) in [5.74, 6) is 2.67. The number of carbonyl (C=O) groups excluding carboxylic acids is 1. The monoisotopic (exact) mass is 392 g/mol. The molecule has 0 radical (unpaired) electrons. The minimum Gasteiger partial charge on any atom is -0.454 e. The third-order valence-corrected chi connectivity index (χ3v) is 4.99. The van der Waals surface area contributed by atoms with Crippen LogP contribution in [0.1, 0.15) is 24.2 Å². The minimum absolute atomic E-state index is 0.225. The molecule has 2 aliphatic heterocycles. The summed E-state index contributed by atoms with van der Waals surface area (Å²) in [5.41, 5.74) is 1.52. The fraction of sp³-hybridized carbons (Fsp3) is 0.300. The van der Waals surface area contributed by atoms with Gasteiger partial charge < -0.3 is 19.7 Å². The lowest BCUT2D eigenvalue weighted by Gasteiger charge is -2.15. The van der Waals surface area contributed by atoms with Crippen LogP contribution in [0.25, 0.3) is 11.7 Å². The first-order valence-electron chi connectivity index (χ1n) is 9.58. The number of carbonyl (C=O) groups is 1. The molecule has 29 heavy (non-hydrogen) atoms. The fourth-order valence-corrected chi connectivity index (χ4v) is 3.46. The number of nitrogens with one attached hydrogen (secondary N) is 1. The molecule has 5 rings (SSSR count). The number of benzene rings is 1. The number of anilines is 1. The van der Waals surface area contributed by atoms with Gasteiger partial charge in [0.15, 0.2) is 23.0 Å². The van der Waals surface area contributed by atoms with Crippen LogP contribution in [0, 0.1) is 0 Å². The van der Waals surface area contributed by atoms with Crippen molar-refractivity contribution in [1.82, 2.24) is 25.1 Å². The summed E-state index contributed by atoms with van der Waals surface area (Å²) in [6.45, 7) is 2.49. The van der Waals surface area contributed by atoms with Crippen LogP contribution in [0.5, 0.6) is 11.5 Å². The molecule has 0 bridgehead atoms. The molecule has 1 N–H and O–H groups in total. The minimum atomic E-state index is -0.227. The predicted molar refractivity (Wildman–Crippen MR) is 106 cm³/mol. The largest absolute Gasteiger partial charge is 0.454 e. The maximum atomic E-state index is 12.2. The van der Waals surface area contributed by atoms with Crippen molar-refractivity contribution in [3.05, 3.63) is 47.8 Å². The number of ether oxygens (including phenoxy) is 2. The van der Waals surface area contributed by atoms with Gasteiger partial charge in [0.05, 0.1) is 6.54 Å². The fourth-order valence-electron chi connectivity index (χ4n) is 3.46. The molecule has 0 saturated carbocycles. The van der Waals surface area contributed by atoms with Crippen LogP contribution in [0.4, 0.5) is 5.82 Å². The Morgan fingerprint density at radius 3 is 2.86 bits per heavy atom. The van der Waals surface area contributed by atoms with Crippen molar-refractivity contribution >= 4 is 23.4 Å². The highest BCUT2D eigenvalue weighted by Gasteiger charge is 2.16. The van der Waals surface area contributed by atoms with Gasteiger partial charge in [0.1, 0.15) is 5.82 Å². The molecule has 9 heteroatoms. The van der Waals surface area contributed by atoms with E-state index in [1.807, 2.05) is 30.3 Å². The molecule has 1 fully saturated rings. The van der Waals surface area contributed by atoms with Gasteiger partial charge in [-0.05, 0) is 48.7 Å². The van der Waals surface area contributed by atoms with Crippen LogP contribution in [0.3, 0.4) is 0 Å². The summed E-state index contributed by atoms with van der Waals surface area (Å²) >= 11 is 0. The molecular weight excluding hydrogens is 372 g/mol. The molecule has 4 heterocycles. The van der Waals surface area contributed by atoms with E-state index in [0.29, 0.717) is 23.0 Å². The molecule has 1 saturated heterocycles. The summed E-state index contributed by atoms with van der Waals surface area (Å²) in [7, 11) is 0. The lowest BCUT2D eigenvalue weighted by molar-refractivity contribution is -0.116. The predicted octanol–water partition coefficient (Wildman–Crippen LogP) is 1.78. The lowest BCUT2D eigenvalue weighted by atomic mass is 10.2. The van der Waals surface area contributed by atoms with E-state index in [-0.39, 0.29) is 19.2 Å². The average Bonchev–Trinajstić information content (AvgIpc) is 3.50. The SMILES string of the molecule is O=C(C=Cc1ccc2c(c1)OCO2)NCc1nnc2ccc(N3CCCC3)nn12. The quantitative estimate of drug-likeness (QED) is 0.662. The second kappa shape index (κ2) is 7.42. The van der Waals surface area contributed by atoms with Crippen molar-refractivity contribution in [3.63, 3.8) is 0 Å². The molecule has 1 amide bonds. The highest BCUT2D eigenvalue weighted by Crippen LogP contribution is 2.32. The van der Waals surface area contributed by atoms with E-state index in [2.05, 4.69) is 25.5 Å². The zero-order chi connectivity index (χ0) is 19.6. The number of rotatable bonds is 5. The van der Waals surface area contributed by atoms with Gasteiger partial charge in [0, 0.05) is 19.2 Å². The number of aromatic nitrogens is 4. The molecule has 2 aromatic heterocycles. The van der Waals surface area contributed by atoms with Crippen LogP contribution >= 0.6 is 0 Å². The van der Waals surface area contributed by atoms with Gasteiger partial charge in [-0.25, -0.2) is 0 Å². The van der Waals surface area contributed by atoms with E-state index in [1.165, 1.54) is 18.9 Å². The Morgan fingerprint density at radius 2 is 1.97 bits per heavy atom. The van der Waals surface area contributed by atoms with Crippen LogP contribution in [0.2, 0.25) is 0 Å². The van der Waals surface area contributed by atoms with Gasteiger partial charge in [-0.3, -0.25) is 4.79 Å². The Morgan fingerprint density at radius 1 is 1.10 bits per heavy atom. The second-order valence-electron chi connectivity index (χ2n) is 6.94. The Hall–Kier alpha value is -3.62. The van der Waals surface area contributed by atoms with E-state index < -0.39 is 0 Å². The van der Waals surface area contributed by atoms with E-state index >= 15 is 0 Å². The molecule has 0 atom stereocenters. The third kappa shape index (κ3) is 3.58. The second-order valence-corrected chi connectivity index (χ2v) is 6.94. The summed E-state index contributed by atoms with van der Waals surface area (Å²) < 4.78 is 12.3. The van der Waals surface area contributed by atoms with Gasteiger partial charge in [0.25, 0.3) is 0 Å². The summed E-state index contributed by atoms with van der Waals surface area (Å²) in [6, 6.07) is 9.39. The zero-order valence-electron chi connectivity index (χ0n) is 15.7. The average molecular weight is 392 g/mol. The smallest absolute Gasteiger partial charge is 0.244 e. The summed E-state index contributed by atoms with van der Waals surface area (Å²) in [6.07, 6.45) is 5.56. The molecule has 0 unspecified atom stereocenters. The van der Waals surface area contributed by atoms with Crippen molar-refractivity contribution in [3.8, 4) is 11.5 Å². The van der Waals surface area contributed by atoms with Gasteiger partial charge in [-0.2, -0.15) is 4.52 Å². The lowest BCUT2D eigenvalue weighted by Crippen LogP contribution is -2.23. The Kier molecular flexibility index (Phi) is 4.47. The van der Waals surface area contributed by atoms with Crippen LogP contribution < -0.4 is 19.7 Å². The highest BCUT2D eigenvalue weighted by atomic mass is 16.7. The number of hydrogen-bond acceptors (Lipinski definition) is 7. The molecule has 0 spiro atoms. The Bertz CT molecular complexity index is 1090. The van der Waals surface area contributed by atoms with Gasteiger partial charge in [0.2, 0.25) is 12.7 Å². The van der Waals surface area contributed by atoms with Crippen molar-refractivity contribution in [2.24, 2.45) is 0 Å². The molecule has 1 aromatic carbocycles. The Balaban J connectivity index is 1.25. The number of amides is 1. The highest BCUT2D eigenvalue weighted by molar-refractivity contribution is 5.91. The number of fused-ring (bicyclic) bond motifs is 2. The molecule has 0 aliphatic carbocycles. The number of hydrogen-bond donors (Lipinski definition) is 1. The molecule has 2 aliphatic rings. The van der Waals surface area contributed by atoms with Gasteiger partial charge in [-0.15, -0.1) is 15.3 Å². The van der Waals surface area contributed by atoms with Crippen molar-refractivity contribution < 1.29 is 14.3 Å². The van der Waals surface area contributed by atoms with Crippen LogP contribution in [-0.2, 0) is 11.3 Å². The molecule has 9 nitrogen and oxygen atoms in total. The van der Waals surface area contributed by atoms with Crippen molar-refractivity contribution in [1.29, 1.82) is 0 Å². The first-order valence-corrected chi connectivity index (χ1v) is 9.58. The van der Waals surface area contributed by atoms with Gasteiger partial charge in [-0.1, -0.05) is 6.07 Å². The standard InChI is InChI=1S/C20H20N6O3/c27-20(8-4-14-3-5-15-16(11-14)29-13-28-15)21-12-19-23-22-17-6-7-18(24-26(17)19)25-9-1-2-10-25/h3-8,11H,1-2,9-10,12-13H2,(H,21,27). The summed E-state index contributed by atoms with van der Waals surface area (Å²) in [5, 5.41) is 15.8. The van der Waals surface area contributed by atoms with Crippen LogP contribution in [0.15, 0.2) is 36.4 Å².